The van der Waals surface area contributed by atoms with Crippen molar-refractivity contribution in [3.63, 3.8) is 0 Å². The summed E-state index contributed by atoms with van der Waals surface area (Å²) in [6.07, 6.45) is 0.296. The minimum atomic E-state index is -0.403. The number of non-ortho nitro benzene ring substituents is 1. The molecule has 0 atom stereocenters. The van der Waals surface area contributed by atoms with Gasteiger partial charge in [0.05, 0.1) is 11.3 Å². The molecule has 7 heteroatoms. The van der Waals surface area contributed by atoms with E-state index < -0.39 is 4.92 Å². The van der Waals surface area contributed by atoms with Gasteiger partial charge in [0.1, 0.15) is 5.75 Å². The zero-order valence-electron chi connectivity index (χ0n) is 20.5. The molecule has 0 radical (unpaired) electrons. The molecule has 1 fully saturated rings. The molecule has 1 aliphatic rings. The first-order valence-corrected chi connectivity index (χ1v) is 11.4. The van der Waals surface area contributed by atoms with Crippen molar-refractivity contribution in [1.82, 2.24) is 4.90 Å². The lowest BCUT2D eigenvalue weighted by molar-refractivity contribution is -0.384. The van der Waals surface area contributed by atoms with E-state index in [0.717, 1.165) is 22.4 Å². The Morgan fingerprint density at radius 1 is 0.939 bits per heavy atom. The van der Waals surface area contributed by atoms with Crippen LogP contribution in [0, 0.1) is 10.1 Å². The van der Waals surface area contributed by atoms with Crippen LogP contribution in [0.3, 0.4) is 0 Å². The monoisotopic (exact) mass is 453 g/mol. The second-order valence-corrected chi connectivity index (χ2v) is 10.9. The highest BCUT2D eigenvalue weighted by molar-refractivity contribution is 5.79. The number of aromatic hydroxyl groups is 1. The molecule has 1 heterocycles. The highest BCUT2D eigenvalue weighted by Crippen LogP contribution is 2.40. The third-order valence-electron chi connectivity index (χ3n) is 6.20. The predicted octanol–water partition coefficient (Wildman–Crippen LogP) is 4.79. The maximum atomic E-state index is 13.1. The van der Waals surface area contributed by atoms with Gasteiger partial charge in [-0.25, -0.2) is 0 Å². The van der Waals surface area contributed by atoms with Crippen LogP contribution in [0.2, 0.25) is 0 Å². The minimum absolute atomic E-state index is 0.0729. The highest BCUT2D eigenvalue weighted by Gasteiger charge is 2.28. The smallest absolute Gasteiger partial charge is 0.269 e. The summed E-state index contributed by atoms with van der Waals surface area (Å²) in [7, 11) is 0. The second kappa shape index (κ2) is 9.04. The van der Waals surface area contributed by atoms with Crippen molar-refractivity contribution in [2.24, 2.45) is 0 Å². The number of phenols is 1. The van der Waals surface area contributed by atoms with Crippen molar-refractivity contribution in [2.75, 3.05) is 31.1 Å². The first kappa shape index (κ1) is 24.6. The molecule has 2 aromatic carbocycles. The molecule has 0 aliphatic carbocycles. The molecule has 0 saturated carbocycles. The summed E-state index contributed by atoms with van der Waals surface area (Å²) in [4.78, 5) is 27.6. The molecule has 1 N–H and O–H groups in total. The van der Waals surface area contributed by atoms with Crippen LogP contribution >= 0.6 is 0 Å². The van der Waals surface area contributed by atoms with E-state index in [-0.39, 0.29) is 22.4 Å². The van der Waals surface area contributed by atoms with Gasteiger partial charge in [-0.2, -0.15) is 0 Å². The molecule has 1 amide bonds. The second-order valence-electron chi connectivity index (χ2n) is 10.9. The number of nitro groups is 1. The maximum Gasteiger partial charge on any atom is 0.269 e. The third kappa shape index (κ3) is 5.64. The molecule has 0 aromatic heterocycles. The maximum absolute atomic E-state index is 13.1. The molecule has 7 nitrogen and oxygen atoms in total. The fourth-order valence-electron chi connectivity index (χ4n) is 4.23. The Hall–Kier alpha value is -3.09. The van der Waals surface area contributed by atoms with E-state index in [1.54, 1.807) is 12.1 Å². The number of nitro benzene ring substituents is 1. The van der Waals surface area contributed by atoms with Crippen LogP contribution < -0.4 is 4.90 Å². The standard InChI is InChI=1S/C26H35N3O4/c1-25(2,3)21-15-18(16-22(24(21)31)26(4,5)6)17-23(30)28-13-11-27(12-14-28)19-7-9-20(10-8-19)29(32)33/h7-10,15-16,31H,11-14,17H2,1-6H3. The number of rotatable bonds is 4. The van der Waals surface area contributed by atoms with Crippen molar-refractivity contribution in [3.8, 4) is 5.75 Å². The molecule has 178 valence electrons. The summed E-state index contributed by atoms with van der Waals surface area (Å²) in [6.45, 7) is 15.0. The van der Waals surface area contributed by atoms with Gasteiger partial charge in [0.15, 0.2) is 0 Å². The number of hydrogen-bond donors (Lipinski definition) is 1. The lowest BCUT2D eigenvalue weighted by Crippen LogP contribution is -2.49. The quantitative estimate of drug-likeness (QED) is 0.531. The van der Waals surface area contributed by atoms with Gasteiger partial charge in [-0.1, -0.05) is 53.7 Å². The van der Waals surface area contributed by atoms with E-state index in [1.807, 2.05) is 17.0 Å². The minimum Gasteiger partial charge on any atom is -0.507 e. The number of carbonyl (C=O) groups excluding carboxylic acids is 1. The van der Waals surface area contributed by atoms with E-state index in [4.69, 9.17) is 0 Å². The summed E-state index contributed by atoms with van der Waals surface area (Å²) in [6, 6.07) is 10.5. The van der Waals surface area contributed by atoms with Crippen molar-refractivity contribution in [2.45, 2.75) is 58.8 Å². The van der Waals surface area contributed by atoms with Crippen molar-refractivity contribution >= 4 is 17.3 Å². The summed E-state index contributed by atoms with van der Waals surface area (Å²) >= 11 is 0. The van der Waals surface area contributed by atoms with Gasteiger partial charge in [-0.3, -0.25) is 14.9 Å². The Kier molecular flexibility index (Phi) is 6.73. The zero-order chi connectivity index (χ0) is 24.6. The third-order valence-corrected chi connectivity index (χ3v) is 6.20. The Balaban J connectivity index is 1.71. The number of benzene rings is 2. The van der Waals surface area contributed by atoms with Crippen molar-refractivity contribution in [1.29, 1.82) is 0 Å². The van der Waals surface area contributed by atoms with Crippen LogP contribution in [0.25, 0.3) is 0 Å². The Bertz CT molecular complexity index is 990. The largest absolute Gasteiger partial charge is 0.507 e. The molecule has 1 aliphatic heterocycles. The predicted molar refractivity (Wildman–Crippen MR) is 131 cm³/mol. The number of amides is 1. The number of anilines is 1. The Morgan fingerprint density at radius 2 is 1.42 bits per heavy atom. The normalized spacial score (nSPS) is 15.0. The first-order valence-electron chi connectivity index (χ1n) is 11.4. The Labute approximate surface area is 196 Å². The van der Waals surface area contributed by atoms with Gasteiger partial charge in [-0.05, 0) is 39.7 Å². The van der Waals surface area contributed by atoms with Gasteiger partial charge in [-0.15, -0.1) is 0 Å². The van der Waals surface area contributed by atoms with E-state index in [9.17, 15) is 20.0 Å². The van der Waals surface area contributed by atoms with Crippen molar-refractivity contribution < 1.29 is 14.8 Å². The molecule has 0 bridgehead atoms. The van der Waals surface area contributed by atoms with Gasteiger partial charge in [0, 0.05) is 44.0 Å². The van der Waals surface area contributed by atoms with Gasteiger partial charge in [0.2, 0.25) is 5.91 Å². The lowest BCUT2D eigenvalue weighted by atomic mass is 9.78. The summed E-state index contributed by atoms with van der Waals surface area (Å²) in [5.41, 5.74) is 3.17. The Morgan fingerprint density at radius 3 is 1.85 bits per heavy atom. The summed E-state index contributed by atoms with van der Waals surface area (Å²) in [5.74, 6) is 0.395. The topological polar surface area (TPSA) is 86.9 Å². The van der Waals surface area contributed by atoms with Crippen LogP contribution in [-0.2, 0) is 22.0 Å². The van der Waals surface area contributed by atoms with Crippen molar-refractivity contribution in [3.05, 3.63) is 63.2 Å². The number of phenolic OH excluding ortho intramolecular Hbond substituents is 1. The number of hydrogen-bond acceptors (Lipinski definition) is 5. The number of carbonyl (C=O) groups is 1. The van der Waals surface area contributed by atoms with Crippen LogP contribution in [0.5, 0.6) is 5.75 Å². The average Bonchev–Trinajstić information content (AvgIpc) is 2.73. The van der Waals surface area contributed by atoms with Gasteiger partial charge < -0.3 is 14.9 Å². The molecule has 0 spiro atoms. The molecular weight excluding hydrogens is 418 g/mol. The number of piperazine rings is 1. The SMILES string of the molecule is CC(C)(C)c1cc(CC(=O)N2CCN(c3ccc([N+](=O)[O-])cc3)CC2)cc(C(C)(C)C)c1O. The molecule has 1 saturated heterocycles. The number of nitrogens with zero attached hydrogens (tertiary/aromatic N) is 3. The molecule has 33 heavy (non-hydrogen) atoms. The first-order chi connectivity index (χ1) is 15.3. The fourth-order valence-corrected chi connectivity index (χ4v) is 4.23. The van der Waals surface area contributed by atoms with E-state index in [1.165, 1.54) is 12.1 Å². The molecule has 3 rings (SSSR count). The van der Waals surface area contributed by atoms with Crippen LogP contribution in [-0.4, -0.2) is 47.0 Å². The van der Waals surface area contributed by atoms with Crippen LogP contribution in [0.1, 0.15) is 58.2 Å². The van der Waals surface area contributed by atoms with Crippen LogP contribution in [0.4, 0.5) is 11.4 Å². The van der Waals surface area contributed by atoms with E-state index in [0.29, 0.717) is 38.3 Å². The van der Waals surface area contributed by atoms with Gasteiger partial charge >= 0.3 is 0 Å². The van der Waals surface area contributed by atoms with E-state index >= 15 is 0 Å². The van der Waals surface area contributed by atoms with E-state index in [2.05, 4.69) is 46.4 Å². The summed E-state index contributed by atoms with van der Waals surface area (Å²) < 4.78 is 0. The average molecular weight is 454 g/mol. The lowest BCUT2D eigenvalue weighted by Gasteiger charge is -2.36. The highest BCUT2D eigenvalue weighted by atomic mass is 16.6. The zero-order valence-corrected chi connectivity index (χ0v) is 20.5. The molecule has 2 aromatic rings. The fraction of sp³-hybridized carbons (Fsp3) is 0.500. The molecular formula is C26H35N3O4. The summed E-state index contributed by atoms with van der Waals surface area (Å²) in [5, 5.41) is 21.8. The van der Waals surface area contributed by atoms with Crippen LogP contribution in [0.15, 0.2) is 36.4 Å². The van der Waals surface area contributed by atoms with Gasteiger partial charge in [0.25, 0.3) is 5.69 Å². The molecule has 0 unspecified atom stereocenters.